The Hall–Kier alpha value is -0.320. The van der Waals surface area contributed by atoms with Gasteiger partial charge in [0, 0.05) is 10.7 Å². The Kier molecular flexibility index (Phi) is 2.61. The standard InChI is InChI=1S/C6H5Cl2NO2S/c1-4-5(7)2-3-6(9-4)12(8,10)11/h2-3H,1H3. The zero-order valence-corrected chi connectivity index (χ0v) is 8.41. The van der Waals surface area contributed by atoms with Gasteiger partial charge < -0.3 is 0 Å². The van der Waals surface area contributed by atoms with Gasteiger partial charge in [-0.3, -0.25) is 0 Å². The molecule has 0 atom stereocenters. The largest absolute Gasteiger partial charge is 0.278 e. The Balaban J connectivity index is 3.33. The van der Waals surface area contributed by atoms with Crippen LogP contribution in [0.25, 0.3) is 0 Å². The summed E-state index contributed by atoms with van der Waals surface area (Å²) in [6, 6.07) is 2.71. The van der Waals surface area contributed by atoms with Gasteiger partial charge in [-0.1, -0.05) is 11.6 Å². The topological polar surface area (TPSA) is 47.0 Å². The number of rotatable bonds is 1. The van der Waals surface area contributed by atoms with Crippen molar-refractivity contribution in [2.45, 2.75) is 11.9 Å². The second kappa shape index (κ2) is 3.20. The summed E-state index contributed by atoms with van der Waals surface area (Å²) in [4.78, 5) is 3.69. The third kappa shape index (κ3) is 2.09. The fourth-order valence-corrected chi connectivity index (χ4v) is 1.50. The molecule has 3 nitrogen and oxygen atoms in total. The van der Waals surface area contributed by atoms with E-state index in [0.29, 0.717) is 10.7 Å². The first-order valence-electron chi connectivity index (χ1n) is 2.99. The van der Waals surface area contributed by atoms with Crippen molar-refractivity contribution in [3.63, 3.8) is 0 Å². The molecular weight excluding hydrogens is 221 g/mol. The van der Waals surface area contributed by atoms with Crippen molar-refractivity contribution in [3.05, 3.63) is 22.8 Å². The molecule has 0 bridgehead atoms. The Morgan fingerprint density at radius 2 is 2.00 bits per heavy atom. The Morgan fingerprint density at radius 3 is 2.42 bits per heavy atom. The second-order valence-electron chi connectivity index (χ2n) is 2.15. The normalized spacial score (nSPS) is 11.6. The highest BCUT2D eigenvalue weighted by molar-refractivity contribution is 8.13. The minimum atomic E-state index is -3.74. The molecule has 66 valence electrons. The van der Waals surface area contributed by atoms with Crippen molar-refractivity contribution >= 4 is 31.3 Å². The Morgan fingerprint density at radius 1 is 1.42 bits per heavy atom. The summed E-state index contributed by atoms with van der Waals surface area (Å²) in [5.41, 5.74) is 0.443. The van der Waals surface area contributed by atoms with Crippen molar-refractivity contribution < 1.29 is 8.42 Å². The molecule has 0 radical (unpaired) electrons. The lowest BCUT2D eigenvalue weighted by Crippen LogP contribution is -1.96. The molecule has 0 saturated heterocycles. The van der Waals surface area contributed by atoms with Gasteiger partial charge >= 0.3 is 0 Å². The van der Waals surface area contributed by atoms with E-state index in [1.165, 1.54) is 12.1 Å². The zero-order valence-electron chi connectivity index (χ0n) is 6.08. The predicted molar refractivity (Wildman–Crippen MR) is 47.0 cm³/mol. The molecule has 1 heterocycles. The highest BCUT2D eigenvalue weighted by Crippen LogP contribution is 2.17. The average molecular weight is 226 g/mol. The lowest BCUT2D eigenvalue weighted by atomic mass is 10.4. The highest BCUT2D eigenvalue weighted by Gasteiger charge is 2.12. The van der Waals surface area contributed by atoms with Crippen LogP contribution >= 0.6 is 22.3 Å². The van der Waals surface area contributed by atoms with Crippen LogP contribution in [-0.4, -0.2) is 13.4 Å². The van der Waals surface area contributed by atoms with E-state index in [1.54, 1.807) is 6.92 Å². The molecule has 0 aliphatic rings. The summed E-state index contributed by atoms with van der Waals surface area (Å²) in [5.74, 6) is 0. The fraction of sp³-hybridized carbons (Fsp3) is 0.167. The third-order valence-corrected chi connectivity index (χ3v) is 2.85. The van der Waals surface area contributed by atoms with E-state index >= 15 is 0 Å². The second-order valence-corrected chi connectivity index (χ2v) is 5.07. The maximum Gasteiger partial charge on any atom is 0.278 e. The van der Waals surface area contributed by atoms with E-state index in [4.69, 9.17) is 22.3 Å². The monoisotopic (exact) mass is 225 g/mol. The van der Waals surface area contributed by atoms with Gasteiger partial charge in [0.05, 0.1) is 10.7 Å². The van der Waals surface area contributed by atoms with E-state index in [9.17, 15) is 8.42 Å². The van der Waals surface area contributed by atoms with Crippen LogP contribution in [0.5, 0.6) is 0 Å². The number of nitrogens with zero attached hydrogens (tertiary/aromatic N) is 1. The van der Waals surface area contributed by atoms with Crippen LogP contribution in [0.2, 0.25) is 5.02 Å². The van der Waals surface area contributed by atoms with Crippen LogP contribution in [-0.2, 0) is 9.05 Å². The lowest BCUT2D eigenvalue weighted by Gasteiger charge is -1.98. The Labute approximate surface area is 79.8 Å². The molecule has 0 aliphatic carbocycles. The summed E-state index contributed by atoms with van der Waals surface area (Å²) in [5, 5.41) is 0.241. The van der Waals surface area contributed by atoms with Crippen LogP contribution in [0.3, 0.4) is 0 Å². The van der Waals surface area contributed by atoms with Crippen LogP contribution < -0.4 is 0 Å². The average Bonchev–Trinajstić information content (AvgIpc) is 1.92. The number of halogens is 2. The van der Waals surface area contributed by atoms with E-state index in [1.807, 2.05) is 0 Å². The molecule has 0 N–H and O–H groups in total. The van der Waals surface area contributed by atoms with Gasteiger partial charge in [-0.05, 0) is 19.1 Å². The van der Waals surface area contributed by atoms with Crippen molar-refractivity contribution in [3.8, 4) is 0 Å². The first-order valence-corrected chi connectivity index (χ1v) is 5.68. The number of hydrogen-bond donors (Lipinski definition) is 0. The number of pyridine rings is 1. The van der Waals surface area contributed by atoms with Gasteiger partial charge in [-0.15, -0.1) is 0 Å². The molecule has 0 spiro atoms. The van der Waals surface area contributed by atoms with Gasteiger partial charge in [0.15, 0.2) is 5.03 Å². The van der Waals surface area contributed by atoms with Gasteiger partial charge in [0.25, 0.3) is 9.05 Å². The molecule has 12 heavy (non-hydrogen) atoms. The number of aryl methyl sites for hydroxylation is 1. The zero-order chi connectivity index (χ0) is 9.35. The van der Waals surface area contributed by atoms with Crippen LogP contribution in [0.1, 0.15) is 5.69 Å². The van der Waals surface area contributed by atoms with Crippen molar-refractivity contribution in [2.75, 3.05) is 0 Å². The molecule has 0 aromatic carbocycles. The minimum absolute atomic E-state index is 0.175. The van der Waals surface area contributed by atoms with Crippen LogP contribution in [0.4, 0.5) is 0 Å². The molecular formula is C6H5Cl2NO2S. The molecule has 0 saturated carbocycles. The molecule has 0 aliphatic heterocycles. The summed E-state index contributed by atoms with van der Waals surface area (Å²) >= 11 is 5.63. The van der Waals surface area contributed by atoms with Crippen molar-refractivity contribution in [2.24, 2.45) is 0 Å². The summed E-state index contributed by atoms with van der Waals surface area (Å²) < 4.78 is 21.5. The maximum atomic E-state index is 10.8. The molecule has 0 fully saturated rings. The predicted octanol–water partition coefficient (Wildman–Crippen LogP) is 1.97. The van der Waals surface area contributed by atoms with Crippen molar-refractivity contribution in [1.29, 1.82) is 0 Å². The lowest BCUT2D eigenvalue weighted by molar-refractivity contribution is 0.606. The smallest absolute Gasteiger partial charge is 0.239 e. The van der Waals surface area contributed by atoms with Gasteiger partial charge in [0.1, 0.15) is 0 Å². The minimum Gasteiger partial charge on any atom is -0.239 e. The Bertz CT molecular complexity index is 402. The maximum absolute atomic E-state index is 10.8. The first-order chi connectivity index (χ1) is 5.41. The summed E-state index contributed by atoms with van der Waals surface area (Å²) in [6.45, 7) is 1.61. The van der Waals surface area contributed by atoms with E-state index in [0.717, 1.165) is 0 Å². The summed E-state index contributed by atoms with van der Waals surface area (Å²) in [7, 11) is 1.31. The quantitative estimate of drug-likeness (QED) is 0.687. The third-order valence-electron chi connectivity index (χ3n) is 1.25. The molecule has 6 heteroatoms. The number of aromatic nitrogens is 1. The molecule has 1 aromatic rings. The van der Waals surface area contributed by atoms with Gasteiger partial charge in [-0.25, -0.2) is 13.4 Å². The molecule has 1 rings (SSSR count). The number of hydrogen-bond acceptors (Lipinski definition) is 3. The first kappa shape index (κ1) is 9.77. The van der Waals surface area contributed by atoms with Crippen LogP contribution in [0.15, 0.2) is 17.2 Å². The molecule has 0 unspecified atom stereocenters. The van der Waals surface area contributed by atoms with E-state index in [-0.39, 0.29) is 5.03 Å². The highest BCUT2D eigenvalue weighted by atomic mass is 35.7. The summed E-state index contributed by atoms with van der Waals surface area (Å²) in [6.07, 6.45) is 0. The van der Waals surface area contributed by atoms with Gasteiger partial charge in [0.2, 0.25) is 0 Å². The van der Waals surface area contributed by atoms with Crippen molar-refractivity contribution in [1.82, 2.24) is 4.98 Å². The van der Waals surface area contributed by atoms with Crippen LogP contribution in [0, 0.1) is 6.92 Å². The van der Waals surface area contributed by atoms with E-state index in [2.05, 4.69) is 4.98 Å². The fourth-order valence-electron chi connectivity index (χ4n) is 0.657. The molecule has 1 aromatic heterocycles. The SMILES string of the molecule is Cc1nc(S(=O)(=O)Cl)ccc1Cl. The molecule has 0 amide bonds. The van der Waals surface area contributed by atoms with Gasteiger partial charge in [-0.2, -0.15) is 0 Å². The van der Waals surface area contributed by atoms with E-state index < -0.39 is 9.05 Å².